The molecule has 0 aromatic heterocycles. The molecule has 2 heteroatoms. The molecule has 0 amide bonds. The number of aromatic hydroxyl groups is 1. The molecular weight excluding hydrogens is 356 g/mol. The van der Waals surface area contributed by atoms with Crippen LogP contribution in [0.1, 0.15) is 114 Å². The number of hydrogen-bond donors (Lipinski definition) is 1. The van der Waals surface area contributed by atoms with Crippen molar-refractivity contribution in [2.24, 2.45) is 11.8 Å². The van der Waals surface area contributed by atoms with Crippen LogP contribution < -0.4 is 4.74 Å². The average molecular weight is 403 g/mol. The van der Waals surface area contributed by atoms with Gasteiger partial charge in [0.1, 0.15) is 11.5 Å². The first kappa shape index (κ1) is 24.1. The van der Waals surface area contributed by atoms with E-state index < -0.39 is 0 Å². The van der Waals surface area contributed by atoms with E-state index in [1.807, 2.05) is 13.8 Å². The second kappa shape index (κ2) is 11.9. The lowest BCUT2D eigenvalue weighted by Crippen LogP contribution is -2.24. The van der Waals surface area contributed by atoms with Gasteiger partial charge in [-0.15, -0.1) is 0 Å². The number of fused-ring (bicyclic) bond motifs is 1. The van der Waals surface area contributed by atoms with Crippen LogP contribution in [0, 0.1) is 32.6 Å². The molecule has 1 N–H and O–H groups in total. The van der Waals surface area contributed by atoms with Crippen molar-refractivity contribution in [3.05, 3.63) is 22.3 Å². The minimum absolute atomic E-state index is 0.345. The SMILES string of the molecule is Cc1c(C)c2c(c(C)c1O)CCC(CCC[C@H](C)CCCCCCCC(C)C)O2. The molecular formula is C27H46O2. The molecule has 29 heavy (non-hydrogen) atoms. The Balaban J connectivity index is 1.64. The third kappa shape index (κ3) is 7.23. The summed E-state index contributed by atoms with van der Waals surface area (Å²) in [5, 5.41) is 10.3. The van der Waals surface area contributed by atoms with Crippen LogP contribution in [0.5, 0.6) is 11.5 Å². The molecule has 0 aliphatic carbocycles. The quantitative estimate of drug-likeness (QED) is 0.357. The Morgan fingerprint density at radius 1 is 0.828 bits per heavy atom. The van der Waals surface area contributed by atoms with Crippen LogP contribution in [0.25, 0.3) is 0 Å². The topological polar surface area (TPSA) is 29.5 Å². The fourth-order valence-corrected chi connectivity index (χ4v) is 4.78. The van der Waals surface area contributed by atoms with Crippen molar-refractivity contribution in [1.82, 2.24) is 0 Å². The summed E-state index contributed by atoms with van der Waals surface area (Å²) in [6, 6.07) is 0. The summed E-state index contributed by atoms with van der Waals surface area (Å²) in [7, 11) is 0. The number of unbranched alkanes of at least 4 members (excludes halogenated alkanes) is 4. The van der Waals surface area contributed by atoms with Gasteiger partial charge in [0.2, 0.25) is 0 Å². The summed E-state index contributed by atoms with van der Waals surface area (Å²) in [5.74, 6) is 3.21. The summed E-state index contributed by atoms with van der Waals surface area (Å²) >= 11 is 0. The number of ether oxygens (including phenoxy) is 1. The minimum atomic E-state index is 0.345. The highest BCUT2D eigenvalue weighted by Crippen LogP contribution is 2.41. The van der Waals surface area contributed by atoms with Gasteiger partial charge in [0.15, 0.2) is 0 Å². The van der Waals surface area contributed by atoms with Crippen molar-refractivity contribution in [3.63, 3.8) is 0 Å². The van der Waals surface area contributed by atoms with Crippen LogP contribution in [0.4, 0.5) is 0 Å². The van der Waals surface area contributed by atoms with Crippen molar-refractivity contribution in [1.29, 1.82) is 0 Å². The van der Waals surface area contributed by atoms with E-state index >= 15 is 0 Å². The predicted octanol–water partition coefficient (Wildman–Crippen LogP) is 8.20. The fraction of sp³-hybridized carbons (Fsp3) is 0.778. The van der Waals surface area contributed by atoms with Crippen LogP contribution in [0.2, 0.25) is 0 Å². The van der Waals surface area contributed by atoms with E-state index in [2.05, 4.69) is 27.7 Å². The molecule has 1 aromatic carbocycles. The van der Waals surface area contributed by atoms with Gasteiger partial charge in [-0.2, -0.15) is 0 Å². The maximum absolute atomic E-state index is 10.3. The van der Waals surface area contributed by atoms with Gasteiger partial charge in [0.25, 0.3) is 0 Å². The summed E-state index contributed by atoms with van der Waals surface area (Å²) in [4.78, 5) is 0. The van der Waals surface area contributed by atoms with Crippen molar-refractivity contribution >= 4 is 0 Å². The predicted molar refractivity (Wildman–Crippen MR) is 125 cm³/mol. The van der Waals surface area contributed by atoms with Crippen LogP contribution in [0.15, 0.2) is 0 Å². The summed E-state index contributed by atoms with van der Waals surface area (Å²) in [6.45, 7) is 13.2. The first-order chi connectivity index (χ1) is 13.8. The second-order valence-electron chi connectivity index (χ2n) is 10.1. The van der Waals surface area contributed by atoms with E-state index in [-0.39, 0.29) is 0 Å². The van der Waals surface area contributed by atoms with Crippen LogP contribution in [-0.2, 0) is 6.42 Å². The molecule has 0 saturated carbocycles. The van der Waals surface area contributed by atoms with Crippen molar-refractivity contribution < 1.29 is 9.84 Å². The van der Waals surface area contributed by atoms with Gasteiger partial charge in [0, 0.05) is 5.56 Å². The zero-order valence-electron chi connectivity index (χ0n) is 20.1. The zero-order chi connectivity index (χ0) is 21.4. The molecule has 0 saturated heterocycles. The molecule has 1 unspecified atom stereocenters. The molecule has 1 heterocycles. The summed E-state index contributed by atoms with van der Waals surface area (Å²) < 4.78 is 6.40. The highest BCUT2D eigenvalue weighted by molar-refractivity contribution is 5.58. The summed E-state index contributed by atoms with van der Waals surface area (Å²) in [6.07, 6.45) is 16.1. The van der Waals surface area contributed by atoms with Gasteiger partial charge in [-0.05, 0) is 75.0 Å². The molecule has 0 bridgehead atoms. The lowest BCUT2D eigenvalue weighted by molar-refractivity contribution is 0.156. The molecule has 2 rings (SSSR count). The van der Waals surface area contributed by atoms with E-state index in [9.17, 15) is 5.11 Å². The van der Waals surface area contributed by atoms with Gasteiger partial charge >= 0.3 is 0 Å². The number of benzene rings is 1. The normalized spacial score (nSPS) is 17.3. The Labute approximate surface area is 180 Å². The smallest absolute Gasteiger partial charge is 0.126 e. The Bertz CT molecular complexity index is 632. The molecule has 0 radical (unpaired) electrons. The third-order valence-corrected chi connectivity index (χ3v) is 7.04. The van der Waals surface area contributed by atoms with Crippen LogP contribution in [-0.4, -0.2) is 11.2 Å². The van der Waals surface area contributed by atoms with E-state index in [0.717, 1.165) is 53.5 Å². The van der Waals surface area contributed by atoms with Crippen LogP contribution in [0.3, 0.4) is 0 Å². The van der Waals surface area contributed by atoms with Crippen molar-refractivity contribution in [2.45, 2.75) is 125 Å². The Hall–Kier alpha value is -1.18. The molecule has 0 spiro atoms. The number of hydrogen-bond acceptors (Lipinski definition) is 2. The van der Waals surface area contributed by atoms with E-state index in [4.69, 9.17) is 4.74 Å². The molecule has 2 atom stereocenters. The first-order valence-electron chi connectivity index (χ1n) is 12.3. The van der Waals surface area contributed by atoms with Gasteiger partial charge in [-0.25, -0.2) is 0 Å². The van der Waals surface area contributed by atoms with Crippen molar-refractivity contribution in [2.75, 3.05) is 0 Å². The number of phenols is 1. The minimum Gasteiger partial charge on any atom is -0.507 e. The van der Waals surface area contributed by atoms with E-state index in [1.165, 1.54) is 63.4 Å². The van der Waals surface area contributed by atoms with Crippen molar-refractivity contribution in [3.8, 4) is 11.5 Å². The zero-order valence-corrected chi connectivity index (χ0v) is 20.1. The van der Waals surface area contributed by atoms with E-state index in [0.29, 0.717) is 11.9 Å². The highest BCUT2D eigenvalue weighted by atomic mass is 16.5. The number of phenolic OH excluding ortho intramolecular Hbond substituents is 1. The molecule has 1 aliphatic rings. The molecule has 1 aromatic rings. The monoisotopic (exact) mass is 402 g/mol. The lowest BCUT2D eigenvalue weighted by atomic mass is 9.90. The molecule has 166 valence electrons. The van der Waals surface area contributed by atoms with Gasteiger partial charge < -0.3 is 9.84 Å². The standard InChI is InChI=1S/C27H46O2/c1-19(2)13-10-8-7-9-11-14-20(3)15-12-16-24-17-18-25-23(6)26(28)21(4)22(5)27(25)29-24/h19-20,24,28H,7-18H2,1-6H3/t20-,24?/m1/s1. The largest absolute Gasteiger partial charge is 0.507 e. The third-order valence-electron chi connectivity index (χ3n) is 7.04. The molecule has 0 fully saturated rings. The Morgan fingerprint density at radius 3 is 2.14 bits per heavy atom. The maximum Gasteiger partial charge on any atom is 0.126 e. The second-order valence-corrected chi connectivity index (χ2v) is 10.1. The van der Waals surface area contributed by atoms with Gasteiger partial charge in [-0.1, -0.05) is 72.1 Å². The summed E-state index contributed by atoms with van der Waals surface area (Å²) in [5.41, 5.74) is 4.33. The van der Waals surface area contributed by atoms with E-state index in [1.54, 1.807) is 0 Å². The lowest BCUT2D eigenvalue weighted by Gasteiger charge is -2.30. The van der Waals surface area contributed by atoms with Gasteiger partial charge in [0.05, 0.1) is 6.10 Å². The highest BCUT2D eigenvalue weighted by Gasteiger charge is 2.25. The molecule has 1 aliphatic heterocycles. The Kier molecular flexibility index (Phi) is 9.86. The van der Waals surface area contributed by atoms with Crippen LogP contribution >= 0.6 is 0 Å². The average Bonchev–Trinajstić information content (AvgIpc) is 2.69. The fourth-order valence-electron chi connectivity index (χ4n) is 4.78. The maximum atomic E-state index is 10.3. The van der Waals surface area contributed by atoms with Gasteiger partial charge in [-0.3, -0.25) is 0 Å². The molecule has 2 nitrogen and oxygen atoms in total. The Morgan fingerprint density at radius 2 is 1.45 bits per heavy atom. The first-order valence-corrected chi connectivity index (χ1v) is 12.3. The number of rotatable bonds is 12.